The molecule has 41 heavy (non-hydrogen) atoms. The highest BCUT2D eigenvalue weighted by Gasteiger charge is 2.23. The first-order chi connectivity index (χ1) is 20.0. The average molecular weight is 578 g/mol. The molecule has 212 valence electrons. The minimum Gasteiger partial charge on any atom is -0.495 e. The van der Waals surface area contributed by atoms with E-state index in [1.54, 1.807) is 38.5 Å². The van der Waals surface area contributed by atoms with E-state index < -0.39 is 6.04 Å². The number of anilines is 1. The molecule has 2 aromatic heterocycles. The Balaban J connectivity index is 1.44. The van der Waals surface area contributed by atoms with Crippen LogP contribution in [0.2, 0.25) is 0 Å². The van der Waals surface area contributed by atoms with Gasteiger partial charge in [0, 0.05) is 22.9 Å². The van der Waals surface area contributed by atoms with Gasteiger partial charge in [0.1, 0.15) is 34.5 Å². The number of carbonyl (C=O) groups is 1. The topological polar surface area (TPSA) is 133 Å². The number of hydrogen-bond acceptors (Lipinski definition) is 9. The molecule has 0 bridgehead atoms. The van der Waals surface area contributed by atoms with E-state index >= 15 is 0 Å². The Morgan fingerprint density at radius 1 is 0.878 bits per heavy atom. The van der Waals surface area contributed by atoms with Crippen LogP contribution in [0.3, 0.4) is 0 Å². The SMILES string of the molecule is COc1ccc(-c2n[nH]nc2-c2cc(OC)c(OC)c(OC)c2)cc1NC(=O)C(Cc1cc2ccccc2o1)NCl. The standard InChI is InChI=1S/C29H28ClN5O6/c1-37-23-10-9-17(26-27(34-35-33-26)18-13-24(38-2)28(40-4)25(14-18)39-3)12-20(23)31-29(36)21(32-30)15-19-11-16-7-5-6-8-22(16)41-19/h5-14,21,32H,15H2,1-4H3,(H,31,36)(H,33,34,35). The minimum absolute atomic E-state index is 0.237. The zero-order valence-corrected chi connectivity index (χ0v) is 23.5. The fourth-order valence-corrected chi connectivity index (χ4v) is 4.72. The van der Waals surface area contributed by atoms with Crippen molar-refractivity contribution in [2.24, 2.45) is 0 Å². The summed E-state index contributed by atoms with van der Waals surface area (Å²) >= 11 is 5.99. The Bertz CT molecular complexity index is 1630. The number of para-hydroxylation sites is 1. The smallest absolute Gasteiger partial charge is 0.243 e. The number of rotatable bonds is 11. The highest BCUT2D eigenvalue weighted by molar-refractivity contribution is 6.15. The third-order valence-corrected chi connectivity index (χ3v) is 6.81. The summed E-state index contributed by atoms with van der Waals surface area (Å²) in [5.74, 6) is 2.11. The number of amides is 1. The summed E-state index contributed by atoms with van der Waals surface area (Å²) < 4.78 is 27.8. The van der Waals surface area contributed by atoms with Crippen LogP contribution in [0.1, 0.15) is 5.76 Å². The first kappa shape index (κ1) is 27.8. The van der Waals surface area contributed by atoms with Crippen molar-refractivity contribution >= 4 is 34.3 Å². The second-order valence-electron chi connectivity index (χ2n) is 8.96. The molecule has 1 unspecified atom stereocenters. The molecule has 0 fully saturated rings. The molecule has 0 spiro atoms. The Morgan fingerprint density at radius 2 is 1.56 bits per heavy atom. The van der Waals surface area contributed by atoms with Crippen LogP contribution in [0.4, 0.5) is 5.69 Å². The van der Waals surface area contributed by atoms with Crippen LogP contribution >= 0.6 is 11.8 Å². The summed E-state index contributed by atoms with van der Waals surface area (Å²) in [4.78, 5) is 15.8. The third-order valence-electron chi connectivity index (χ3n) is 6.55. The summed E-state index contributed by atoms with van der Waals surface area (Å²) in [5.41, 5.74) is 3.59. The van der Waals surface area contributed by atoms with Crippen molar-refractivity contribution in [1.82, 2.24) is 20.2 Å². The second-order valence-corrected chi connectivity index (χ2v) is 9.17. The number of nitrogens with one attached hydrogen (secondary N) is 3. The number of methoxy groups -OCH3 is 4. The number of halogens is 1. The van der Waals surface area contributed by atoms with Crippen LogP contribution in [0.5, 0.6) is 23.0 Å². The fraction of sp³-hybridized carbons (Fsp3) is 0.207. The van der Waals surface area contributed by atoms with E-state index in [0.717, 1.165) is 11.0 Å². The van der Waals surface area contributed by atoms with E-state index in [1.165, 1.54) is 14.2 Å². The molecular formula is C29H28ClN5O6. The summed E-state index contributed by atoms with van der Waals surface area (Å²) in [6, 6.07) is 17.6. The van der Waals surface area contributed by atoms with Gasteiger partial charge in [-0.1, -0.05) is 18.2 Å². The number of fused-ring (bicyclic) bond motifs is 1. The van der Waals surface area contributed by atoms with Gasteiger partial charge in [-0.25, -0.2) is 4.84 Å². The van der Waals surface area contributed by atoms with E-state index in [2.05, 4.69) is 25.6 Å². The van der Waals surface area contributed by atoms with Gasteiger partial charge in [-0.2, -0.15) is 15.4 Å². The molecule has 12 heteroatoms. The zero-order chi connectivity index (χ0) is 28.9. The molecule has 0 saturated heterocycles. The van der Waals surface area contributed by atoms with Crippen LogP contribution in [0.25, 0.3) is 33.5 Å². The van der Waals surface area contributed by atoms with Crippen molar-refractivity contribution in [3.05, 3.63) is 66.4 Å². The molecule has 1 atom stereocenters. The highest BCUT2D eigenvalue weighted by atomic mass is 35.5. The Kier molecular flexibility index (Phi) is 8.27. The van der Waals surface area contributed by atoms with Crippen molar-refractivity contribution < 1.29 is 28.2 Å². The predicted molar refractivity (Wildman–Crippen MR) is 155 cm³/mol. The van der Waals surface area contributed by atoms with Gasteiger partial charge in [0.05, 0.1) is 34.1 Å². The summed E-state index contributed by atoms with van der Waals surface area (Å²) in [6.07, 6.45) is 0.237. The van der Waals surface area contributed by atoms with Crippen LogP contribution in [0, 0.1) is 0 Å². The van der Waals surface area contributed by atoms with E-state index in [-0.39, 0.29) is 12.3 Å². The zero-order valence-electron chi connectivity index (χ0n) is 22.8. The number of nitrogens with zero attached hydrogens (tertiary/aromatic N) is 2. The number of benzene rings is 3. The third kappa shape index (κ3) is 5.63. The molecule has 2 heterocycles. The molecule has 3 aromatic carbocycles. The molecule has 11 nitrogen and oxygen atoms in total. The van der Waals surface area contributed by atoms with Gasteiger partial charge in [0.25, 0.3) is 0 Å². The van der Waals surface area contributed by atoms with Gasteiger partial charge in [0.2, 0.25) is 11.7 Å². The van der Waals surface area contributed by atoms with Gasteiger partial charge in [-0.05, 0) is 54.2 Å². The number of aromatic amines is 1. The lowest BCUT2D eigenvalue weighted by molar-refractivity contribution is -0.117. The maximum Gasteiger partial charge on any atom is 0.243 e. The molecule has 0 saturated carbocycles. The number of hydrogen-bond donors (Lipinski definition) is 3. The fourth-order valence-electron chi connectivity index (χ4n) is 4.54. The molecule has 3 N–H and O–H groups in total. The van der Waals surface area contributed by atoms with Crippen LogP contribution < -0.4 is 29.1 Å². The summed E-state index contributed by atoms with van der Waals surface area (Å²) in [7, 11) is 6.14. The van der Waals surface area contributed by atoms with Crippen LogP contribution in [0.15, 0.2) is 65.1 Å². The molecule has 0 aliphatic carbocycles. The average Bonchev–Trinajstić information content (AvgIpc) is 3.66. The number of H-pyrrole nitrogens is 1. The van der Waals surface area contributed by atoms with Crippen molar-refractivity contribution in [1.29, 1.82) is 0 Å². The highest BCUT2D eigenvalue weighted by Crippen LogP contribution is 2.42. The number of carbonyl (C=O) groups excluding carboxylic acids is 1. The summed E-state index contributed by atoms with van der Waals surface area (Å²) in [6.45, 7) is 0. The maximum absolute atomic E-state index is 13.3. The molecule has 1 amide bonds. The summed E-state index contributed by atoms with van der Waals surface area (Å²) in [5, 5.41) is 15.3. The maximum atomic E-state index is 13.3. The van der Waals surface area contributed by atoms with E-state index in [4.69, 9.17) is 35.1 Å². The van der Waals surface area contributed by atoms with Crippen molar-refractivity contribution in [2.75, 3.05) is 33.8 Å². The largest absolute Gasteiger partial charge is 0.495 e. The van der Waals surface area contributed by atoms with Gasteiger partial charge in [-0.15, -0.1) is 0 Å². The number of furan rings is 1. The molecule has 0 radical (unpaired) electrons. The first-order valence-corrected chi connectivity index (χ1v) is 12.9. The molecule has 5 aromatic rings. The van der Waals surface area contributed by atoms with Crippen molar-refractivity contribution in [3.8, 4) is 45.5 Å². The lowest BCUT2D eigenvalue weighted by Gasteiger charge is -2.16. The molecular weight excluding hydrogens is 550 g/mol. The lowest BCUT2D eigenvalue weighted by Crippen LogP contribution is -2.37. The number of aromatic nitrogens is 3. The second kappa shape index (κ2) is 12.2. The quantitative estimate of drug-likeness (QED) is 0.181. The predicted octanol–water partition coefficient (Wildman–Crippen LogP) is 5.21. The van der Waals surface area contributed by atoms with Gasteiger partial charge in [-0.3, -0.25) is 4.79 Å². The Morgan fingerprint density at radius 3 is 2.20 bits per heavy atom. The van der Waals surface area contributed by atoms with Crippen LogP contribution in [-0.4, -0.2) is 55.8 Å². The lowest BCUT2D eigenvalue weighted by atomic mass is 10.0. The van der Waals surface area contributed by atoms with E-state index in [9.17, 15) is 4.79 Å². The molecule has 0 aliphatic heterocycles. The van der Waals surface area contributed by atoms with Gasteiger partial charge < -0.3 is 28.7 Å². The Labute approximate surface area is 240 Å². The van der Waals surface area contributed by atoms with Crippen LogP contribution in [-0.2, 0) is 11.2 Å². The Hall–Kier alpha value is -4.74. The van der Waals surface area contributed by atoms with E-state index in [1.807, 2.05) is 36.4 Å². The van der Waals surface area contributed by atoms with Crippen molar-refractivity contribution in [2.45, 2.75) is 12.5 Å². The van der Waals surface area contributed by atoms with E-state index in [0.29, 0.717) is 57.0 Å². The molecule has 0 aliphatic rings. The first-order valence-electron chi connectivity index (χ1n) is 12.5. The normalized spacial score (nSPS) is 11.7. The van der Waals surface area contributed by atoms with Gasteiger partial charge >= 0.3 is 0 Å². The van der Waals surface area contributed by atoms with Crippen molar-refractivity contribution in [3.63, 3.8) is 0 Å². The monoisotopic (exact) mass is 577 g/mol. The molecule has 5 rings (SSSR count). The minimum atomic E-state index is -0.785. The number of ether oxygens (including phenoxy) is 4. The van der Waals surface area contributed by atoms with Gasteiger partial charge in [0.15, 0.2) is 11.5 Å².